The summed E-state index contributed by atoms with van der Waals surface area (Å²) in [7, 11) is 1.72. The first-order valence-electron chi connectivity index (χ1n) is 8.16. The summed E-state index contributed by atoms with van der Waals surface area (Å²) in [5.41, 5.74) is 3.34. The lowest BCUT2D eigenvalue weighted by Crippen LogP contribution is -2.26. The van der Waals surface area contributed by atoms with Crippen molar-refractivity contribution in [2.24, 2.45) is 7.05 Å². The molecule has 0 saturated heterocycles. The number of nitrogens with one attached hydrogen (secondary N) is 1. The van der Waals surface area contributed by atoms with Crippen LogP contribution in [0.5, 0.6) is 0 Å². The summed E-state index contributed by atoms with van der Waals surface area (Å²) in [6, 6.07) is 5.52. The summed E-state index contributed by atoms with van der Waals surface area (Å²) in [5.74, 6) is -0.522. The molecule has 25 heavy (non-hydrogen) atoms. The zero-order valence-electron chi connectivity index (χ0n) is 15.0. The Balaban J connectivity index is 2.08. The Labute approximate surface area is 145 Å². The average molecular weight is 339 g/mol. The molecule has 0 fully saturated rings. The molecule has 1 N–H and O–H groups in total. The fourth-order valence-electron chi connectivity index (χ4n) is 3.00. The number of aryl methyl sites for hydroxylation is 4. The van der Waals surface area contributed by atoms with Crippen LogP contribution in [0.15, 0.2) is 23.0 Å². The lowest BCUT2D eigenvalue weighted by atomic mass is 10.1. The minimum atomic E-state index is -0.522. The van der Waals surface area contributed by atoms with Gasteiger partial charge in [-0.05, 0) is 39.8 Å². The van der Waals surface area contributed by atoms with Crippen LogP contribution in [0.1, 0.15) is 34.4 Å². The Bertz CT molecular complexity index is 1050. The van der Waals surface area contributed by atoms with Crippen molar-refractivity contribution in [3.63, 3.8) is 0 Å². The molecule has 0 bridgehead atoms. The second-order valence-corrected chi connectivity index (χ2v) is 6.14. The molecule has 130 valence electrons. The van der Waals surface area contributed by atoms with Crippen LogP contribution >= 0.6 is 0 Å². The molecule has 7 heteroatoms. The van der Waals surface area contributed by atoms with Crippen LogP contribution < -0.4 is 10.7 Å². The van der Waals surface area contributed by atoms with Crippen molar-refractivity contribution >= 4 is 22.5 Å². The highest BCUT2D eigenvalue weighted by atomic mass is 16.2. The van der Waals surface area contributed by atoms with E-state index >= 15 is 0 Å². The second kappa shape index (κ2) is 6.16. The topological polar surface area (TPSA) is 81.8 Å². The molecule has 2 heterocycles. The average Bonchev–Trinajstić information content (AvgIpc) is 2.85. The number of carbonyl (C=O) groups is 1. The molecule has 2 aromatic heterocycles. The fourth-order valence-corrected chi connectivity index (χ4v) is 3.00. The summed E-state index contributed by atoms with van der Waals surface area (Å²) in [6.07, 6.45) is 0. The minimum absolute atomic E-state index is 0.122. The molecule has 3 rings (SSSR count). The number of hydrogen-bond acceptors (Lipinski definition) is 4. The molecule has 0 aliphatic rings. The number of rotatable bonds is 3. The van der Waals surface area contributed by atoms with E-state index < -0.39 is 5.91 Å². The Morgan fingerprint density at radius 1 is 1.20 bits per heavy atom. The van der Waals surface area contributed by atoms with E-state index in [1.165, 1.54) is 0 Å². The van der Waals surface area contributed by atoms with Crippen LogP contribution in [0, 0.1) is 20.8 Å². The van der Waals surface area contributed by atoms with Crippen LogP contribution in [-0.4, -0.2) is 25.5 Å². The Morgan fingerprint density at radius 2 is 1.92 bits per heavy atom. The van der Waals surface area contributed by atoms with E-state index in [9.17, 15) is 9.59 Å². The minimum Gasteiger partial charge on any atom is -0.317 e. The van der Waals surface area contributed by atoms with Gasteiger partial charge in [0.25, 0.3) is 5.91 Å². The van der Waals surface area contributed by atoms with Crippen molar-refractivity contribution in [1.82, 2.24) is 19.6 Å². The molecule has 0 unspecified atom stereocenters. The first-order valence-corrected chi connectivity index (χ1v) is 8.16. The second-order valence-electron chi connectivity index (χ2n) is 6.14. The molecule has 0 radical (unpaired) electrons. The van der Waals surface area contributed by atoms with Gasteiger partial charge in [0.2, 0.25) is 5.43 Å². The van der Waals surface area contributed by atoms with E-state index in [4.69, 9.17) is 0 Å². The number of aromatic nitrogens is 4. The van der Waals surface area contributed by atoms with Gasteiger partial charge in [0.05, 0.1) is 28.0 Å². The fraction of sp³-hybridized carbons (Fsp3) is 0.333. The molecule has 1 amide bonds. The van der Waals surface area contributed by atoms with E-state index in [2.05, 4.69) is 15.5 Å². The highest BCUT2D eigenvalue weighted by Crippen LogP contribution is 2.20. The number of carbonyl (C=O) groups excluding carboxylic acids is 1. The van der Waals surface area contributed by atoms with Crippen molar-refractivity contribution in [3.8, 4) is 0 Å². The summed E-state index contributed by atoms with van der Waals surface area (Å²) >= 11 is 0. The number of nitrogens with zero attached hydrogens (tertiary/aromatic N) is 4. The Morgan fingerprint density at radius 3 is 2.56 bits per heavy atom. The van der Waals surface area contributed by atoms with Crippen LogP contribution in [-0.2, 0) is 13.6 Å². The van der Waals surface area contributed by atoms with E-state index in [0.717, 1.165) is 11.3 Å². The summed E-state index contributed by atoms with van der Waals surface area (Å²) in [5, 5.41) is 11.8. The molecule has 0 saturated carbocycles. The highest BCUT2D eigenvalue weighted by Gasteiger charge is 2.20. The van der Waals surface area contributed by atoms with Gasteiger partial charge in [-0.3, -0.25) is 19.0 Å². The zero-order chi connectivity index (χ0) is 18.3. The van der Waals surface area contributed by atoms with Crippen molar-refractivity contribution in [3.05, 3.63) is 51.1 Å². The molecule has 1 aromatic carbocycles. The van der Waals surface area contributed by atoms with Gasteiger partial charge in [-0.2, -0.15) is 10.2 Å². The number of anilines is 1. The monoisotopic (exact) mass is 339 g/mol. The lowest BCUT2D eigenvalue weighted by Gasteiger charge is -2.09. The van der Waals surface area contributed by atoms with Gasteiger partial charge in [-0.25, -0.2) is 0 Å². The normalized spacial score (nSPS) is 11.1. The number of hydrogen-bond donors (Lipinski definition) is 1. The molecule has 0 spiro atoms. The van der Waals surface area contributed by atoms with Crippen molar-refractivity contribution in [2.45, 2.75) is 34.2 Å². The molecule has 7 nitrogen and oxygen atoms in total. The van der Waals surface area contributed by atoms with Crippen LogP contribution in [0.4, 0.5) is 5.69 Å². The Kier molecular flexibility index (Phi) is 4.16. The van der Waals surface area contributed by atoms with Gasteiger partial charge >= 0.3 is 0 Å². The standard InChI is InChI=1S/C18H21N5O2/c1-6-23-12(4)15(11(3)20-23)19-18(25)16-17(24)13-9-10(2)7-8-14(13)22(5)21-16/h7-9H,6H2,1-5H3,(H,19,25). The van der Waals surface area contributed by atoms with Crippen molar-refractivity contribution in [2.75, 3.05) is 5.32 Å². The number of benzene rings is 1. The van der Waals surface area contributed by atoms with Gasteiger partial charge in [-0.15, -0.1) is 0 Å². The Hall–Kier alpha value is -2.96. The largest absolute Gasteiger partial charge is 0.317 e. The molecule has 0 atom stereocenters. The van der Waals surface area contributed by atoms with E-state index in [-0.39, 0.29) is 11.1 Å². The number of fused-ring (bicyclic) bond motifs is 1. The highest BCUT2D eigenvalue weighted by molar-refractivity contribution is 6.04. The predicted molar refractivity (Wildman–Crippen MR) is 97.0 cm³/mol. The quantitative estimate of drug-likeness (QED) is 0.794. The molecule has 3 aromatic rings. The smallest absolute Gasteiger partial charge is 0.280 e. The summed E-state index contributed by atoms with van der Waals surface area (Å²) < 4.78 is 3.36. The van der Waals surface area contributed by atoms with Gasteiger partial charge in [0.1, 0.15) is 0 Å². The third kappa shape index (κ3) is 2.82. The van der Waals surface area contributed by atoms with Gasteiger partial charge in [0, 0.05) is 13.6 Å². The van der Waals surface area contributed by atoms with Gasteiger partial charge < -0.3 is 5.32 Å². The maximum atomic E-state index is 12.7. The predicted octanol–water partition coefficient (Wildman–Crippen LogP) is 2.33. The lowest BCUT2D eigenvalue weighted by molar-refractivity contribution is 0.101. The van der Waals surface area contributed by atoms with Crippen molar-refractivity contribution < 1.29 is 4.79 Å². The summed E-state index contributed by atoms with van der Waals surface area (Å²) in [4.78, 5) is 25.4. The third-order valence-electron chi connectivity index (χ3n) is 4.35. The number of amides is 1. The molecular formula is C18H21N5O2. The first-order chi connectivity index (χ1) is 11.8. The van der Waals surface area contributed by atoms with Crippen LogP contribution in [0.3, 0.4) is 0 Å². The molecular weight excluding hydrogens is 318 g/mol. The van der Waals surface area contributed by atoms with Crippen LogP contribution in [0.25, 0.3) is 10.9 Å². The maximum Gasteiger partial charge on any atom is 0.280 e. The summed E-state index contributed by atoms with van der Waals surface area (Å²) in [6.45, 7) is 8.30. The van der Waals surface area contributed by atoms with E-state index in [0.29, 0.717) is 28.8 Å². The van der Waals surface area contributed by atoms with E-state index in [1.807, 2.05) is 39.8 Å². The SMILES string of the molecule is CCn1nc(C)c(NC(=O)c2nn(C)c3ccc(C)cc3c2=O)c1C. The molecule has 0 aliphatic heterocycles. The van der Waals surface area contributed by atoms with Gasteiger partial charge in [-0.1, -0.05) is 11.6 Å². The van der Waals surface area contributed by atoms with Crippen LogP contribution in [0.2, 0.25) is 0 Å². The maximum absolute atomic E-state index is 12.7. The van der Waals surface area contributed by atoms with Crippen molar-refractivity contribution in [1.29, 1.82) is 0 Å². The molecule has 0 aliphatic carbocycles. The van der Waals surface area contributed by atoms with E-state index in [1.54, 1.807) is 22.5 Å². The third-order valence-corrected chi connectivity index (χ3v) is 4.35. The van der Waals surface area contributed by atoms with Gasteiger partial charge in [0.15, 0.2) is 5.69 Å². The first kappa shape index (κ1) is 16.9. The zero-order valence-corrected chi connectivity index (χ0v) is 15.0.